The summed E-state index contributed by atoms with van der Waals surface area (Å²) in [7, 11) is 0. The maximum absolute atomic E-state index is 13.1. The first kappa shape index (κ1) is 22.4. The van der Waals surface area contributed by atoms with E-state index < -0.39 is 34.4 Å². The fourth-order valence-electron chi connectivity index (χ4n) is 3.88. The summed E-state index contributed by atoms with van der Waals surface area (Å²) < 4.78 is 0. The van der Waals surface area contributed by atoms with Gasteiger partial charge in [0.1, 0.15) is 5.76 Å². The fraction of sp³-hybridized carbons (Fsp3) is 0.0800. The third-order valence-corrected chi connectivity index (χ3v) is 5.54. The van der Waals surface area contributed by atoms with Gasteiger partial charge in [0.15, 0.2) is 0 Å². The zero-order chi connectivity index (χ0) is 24.6. The summed E-state index contributed by atoms with van der Waals surface area (Å²) in [6.45, 7) is 1.85. The van der Waals surface area contributed by atoms with Gasteiger partial charge in [0.2, 0.25) is 0 Å². The van der Waals surface area contributed by atoms with Crippen LogP contribution in [0.2, 0.25) is 0 Å². The van der Waals surface area contributed by atoms with Gasteiger partial charge in [-0.25, -0.2) is 4.79 Å². The van der Waals surface area contributed by atoms with E-state index in [0.29, 0.717) is 5.56 Å². The second-order valence-corrected chi connectivity index (χ2v) is 7.74. The Labute approximate surface area is 193 Å². The molecule has 1 atom stereocenters. The number of amides is 1. The van der Waals surface area contributed by atoms with Crippen LogP contribution in [0.15, 0.2) is 78.4 Å². The van der Waals surface area contributed by atoms with Crippen LogP contribution in [0.5, 0.6) is 0 Å². The van der Waals surface area contributed by atoms with Crippen molar-refractivity contribution in [2.24, 2.45) is 0 Å². The maximum Gasteiger partial charge on any atom is 0.335 e. The maximum atomic E-state index is 13.1. The van der Waals surface area contributed by atoms with Gasteiger partial charge in [-0.15, -0.1) is 0 Å². The molecule has 9 nitrogen and oxygen atoms in total. The van der Waals surface area contributed by atoms with E-state index in [1.807, 2.05) is 6.92 Å². The quantitative estimate of drug-likeness (QED) is 0.192. The number of carboxylic acids is 1. The molecule has 1 unspecified atom stereocenters. The second-order valence-electron chi connectivity index (χ2n) is 7.74. The Morgan fingerprint density at radius 1 is 0.941 bits per heavy atom. The molecule has 9 heteroatoms. The number of aromatic carboxylic acids is 1. The van der Waals surface area contributed by atoms with Gasteiger partial charge in [-0.05, 0) is 30.7 Å². The van der Waals surface area contributed by atoms with E-state index in [9.17, 15) is 34.7 Å². The van der Waals surface area contributed by atoms with Crippen LogP contribution in [0, 0.1) is 17.0 Å². The lowest BCUT2D eigenvalue weighted by molar-refractivity contribution is -0.384. The van der Waals surface area contributed by atoms with Gasteiger partial charge in [-0.3, -0.25) is 24.6 Å². The largest absolute Gasteiger partial charge is 0.507 e. The summed E-state index contributed by atoms with van der Waals surface area (Å²) in [5.74, 6) is -3.65. The summed E-state index contributed by atoms with van der Waals surface area (Å²) in [5.41, 5.74) is 0.879. The number of nitrogens with zero attached hydrogens (tertiary/aromatic N) is 2. The number of nitro benzene ring substituents is 1. The molecule has 34 heavy (non-hydrogen) atoms. The lowest BCUT2D eigenvalue weighted by Crippen LogP contribution is -2.29. The average Bonchev–Trinajstić information content (AvgIpc) is 3.09. The zero-order valence-electron chi connectivity index (χ0n) is 17.8. The Bertz CT molecular complexity index is 1380. The van der Waals surface area contributed by atoms with Gasteiger partial charge >= 0.3 is 5.97 Å². The number of nitro groups is 1. The SMILES string of the molecule is Cc1ccc(C(O)=C2C(=O)C(=O)N(c3cccc(C(=O)O)c3)C2c2cccc([N+](=O)[O-])c2)cc1. The van der Waals surface area contributed by atoms with Gasteiger partial charge < -0.3 is 10.2 Å². The number of carboxylic acid groups (broad SMARTS) is 1. The number of ketones is 1. The standard InChI is InChI=1S/C25H18N2O7/c1-14-8-10-15(11-9-14)22(28)20-21(16-4-2-7-19(12-16)27(33)34)26(24(30)23(20)29)18-6-3-5-17(13-18)25(31)32/h2-13,21,28H,1H3,(H,31,32). The van der Waals surface area contributed by atoms with Crippen molar-refractivity contribution in [2.45, 2.75) is 13.0 Å². The number of aliphatic hydroxyl groups is 1. The van der Waals surface area contributed by atoms with Crippen molar-refractivity contribution in [2.75, 3.05) is 4.90 Å². The van der Waals surface area contributed by atoms with E-state index in [-0.39, 0.29) is 28.1 Å². The summed E-state index contributed by atoms with van der Waals surface area (Å²) >= 11 is 0. The van der Waals surface area contributed by atoms with Gasteiger partial charge in [0, 0.05) is 23.4 Å². The van der Waals surface area contributed by atoms with Crippen LogP contribution in [0.1, 0.15) is 33.1 Å². The van der Waals surface area contributed by atoms with Crippen molar-refractivity contribution in [1.82, 2.24) is 0 Å². The van der Waals surface area contributed by atoms with E-state index >= 15 is 0 Å². The Morgan fingerprint density at radius 3 is 2.26 bits per heavy atom. The Morgan fingerprint density at radius 2 is 1.62 bits per heavy atom. The van der Waals surface area contributed by atoms with Crippen molar-refractivity contribution < 1.29 is 29.5 Å². The lowest BCUT2D eigenvalue weighted by Gasteiger charge is -2.25. The molecule has 1 aliphatic heterocycles. The number of hydrogen-bond donors (Lipinski definition) is 2. The Balaban J connectivity index is 1.98. The number of carbonyl (C=O) groups excluding carboxylic acids is 2. The average molecular weight is 458 g/mol. The summed E-state index contributed by atoms with van der Waals surface area (Å²) in [5, 5.41) is 31.8. The summed E-state index contributed by atoms with van der Waals surface area (Å²) in [4.78, 5) is 49.6. The molecule has 3 aromatic carbocycles. The molecule has 4 rings (SSSR count). The molecular weight excluding hydrogens is 440 g/mol. The zero-order valence-corrected chi connectivity index (χ0v) is 17.8. The molecular formula is C25H18N2O7. The van der Waals surface area contributed by atoms with E-state index in [4.69, 9.17) is 0 Å². The predicted octanol–water partition coefficient (Wildman–Crippen LogP) is 4.23. The van der Waals surface area contributed by atoms with Gasteiger partial charge in [-0.2, -0.15) is 0 Å². The molecule has 1 heterocycles. The topological polar surface area (TPSA) is 138 Å². The number of rotatable bonds is 5. The van der Waals surface area contributed by atoms with E-state index in [0.717, 1.165) is 10.5 Å². The molecule has 1 amide bonds. The third kappa shape index (κ3) is 3.90. The predicted molar refractivity (Wildman–Crippen MR) is 122 cm³/mol. The van der Waals surface area contributed by atoms with Crippen LogP contribution in [0.3, 0.4) is 0 Å². The van der Waals surface area contributed by atoms with Crippen LogP contribution in [-0.2, 0) is 9.59 Å². The molecule has 1 aliphatic rings. The first-order chi connectivity index (χ1) is 16.2. The van der Waals surface area contributed by atoms with Crippen LogP contribution < -0.4 is 4.90 Å². The lowest BCUT2D eigenvalue weighted by atomic mass is 9.94. The number of anilines is 1. The van der Waals surface area contributed by atoms with Crippen LogP contribution >= 0.6 is 0 Å². The summed E-state index contributed by atoms with van der Waals surface area (Å²) in [6, 6.07) is 16.2. The third-order valence-electron chi connectivity index (χ3n) is 5.54. The molecule has 1 fully saturated rings. The van der Waals surface area contributed by atoms with Crippen molar-refractivity contribution in [3.63, 3.8) is 0 Å². The number of Topliss-reactive ketones (excluding diaryl/α,β-unsaturated/α-hetero) is 1. The molecule has 2 N–H and O–H groups in total. The number of non-ortho nitro benzene ring substituents is 1. The van der Waals surface area contributed by atoms with E-state index in [1.54, 1.807) is 24.3 Å². The highest BCUT2D eigenvalue weighted by molar-refractivity contribution is 6.51. The first-order valence-electron chi connectivity index (χ1n) is 10.1. The highest BCUT2D eigenvalue weighted by Gasteiger charge is 2.47. The highest BCUT2D eigenvalue weighted by atomic mass is 16.6. The van der Waals surface area contributed by atoms with Gasteiger partial charge in [0.25, 0.3) is 17.4 Å². The minimum Gasteiger partial charge on any atom is -0.507 e. The number of hydrogen-bond acceptors (Lipinski definition) is 6. The molecule has 0 radical (unpaired) electrons. The molecule has 0 saturated carbocycles. The fourth-order valence-corrected chi connectivity index (χ4v) is 3.88. The molecule has 0 aliphatic carbocycles. The Kier molecular flexibility index (Phi) is 5.68. The van der Waals surface area contributed by atoms with Crippen molar-refractivity contribution in [3.05, 3.63) is 111 Å². The van der Waals surface area contributed by atoms with Crippen LogP contribution in [0.4, 0.5) is 11.4 Å². The highest BCUT2D eigenvalue weighted by Crippen LogP contribution is 2.43. The van der Waals surface area contributed by atoms with Crippen molar-refractivity contribution in [1.29, 1.82) is 0 Å². The van der Waals surface area contributed by atoms with Gasteiger partial charge in [-0.1, -0.05) is 48.0 Å². The molecule has 0 bridgehead atoms. The minimum atomic E-state index is -1.23. The van der Waals surface area contributed by atoms with Gasteiger partial charge in [0.05, 0.1) is 22.1 Å². The second kappa shape index (κ2) is 8.62. The number of benzene rings is 3. The molecule has 3 aromatic rings. The molecule has 0 aromatic heterocycles. The van der Waals surface area contributed by atoms with Crippen LogP contribution in [-0.4, -0.2) is 32.8 Å². The van der Waals surface area contributed by atoms with Crippen LogP contribution in [0.25, 0.3) is 5.76 Å². The molecule has 170 valence electrons. The molecule has 0 spiro atoms. The number of aryl methyl sites for hydroxylation is 1. The van der Waals surface area contributed by atoms with E-state index in [2.05, 4.69) is 0 Å². The summed E-state index contributed by atoms with van der Waals surface area (Å²) in [6.07, 6.45) is 0. The number of carbonyl (C=O) groups is 3. The van der Waals surface area contributed by atoms with Crippen molar-refractivity contribution >= 4 is 34.8 Å². The minimum absolute atomic E-state index is 0.0986. The van der Waals surface area contributed by atoms with Crippen molar-refractivity contribution in [3.8, 4) is 0 Å². The monoisotopic (exact) mass is 458 g/mol. The normalized spacial score (nSPS) is 17.1. The smallest absolute Gasteiger partial charge is 0.335 e. The number of aliphatic hydroxyl groups excluding tert-OH is 1. The van der Waals surface area contributed by atoms with E-state index in [1.165, 1.54) is 48.5 Å². The molecule has 1 saturated heterocycles. The first-order valence-corrected chi connectivity index (χ1v) is 10.1. The Hall–Kier alpha value is -4.79.